The summed E-state index contributed by atoms with van der Waals surface area (Å²) in [5.74, 6) is -0.978. The lowest BCUT2D eigenvalue weighted by molar-refractivity contribution is 0.0631. The molecule has 9 heteroatoms. The van der Waals surface area contributed by atoms with Gasteiger partial charge in [0.2, 0.25) is 0 Å². The first kappa shape index (κ1) is 20.5. The minimum absolute atomic E-state index is 0.00783. The number of benzene rings is 2. The Hall–Kier alpha value is -3.72. The highest BCUT2D eigenvalue weighted by Gasteiger charge is 2.36. The lowest BCUT2D eigenvalue weighted by Crippen LogP contribution is -2.28. The van der Waals surface area contributed by atoms with Crippen LogP contribution in [0.4, 0.5) is 5.69 Å². The number of furan rings is 1. The molecule has 2 heterocycles. The second kappa shape index (κ2) is 7.84. The summed E-state index contributed by atoms with van der Waals surface area (Å²) in [6, 6.07) is 13.5. The lowest BCUT2D eigenvalue weighted by atomic mass is 10.1. The van der Waals surface area contributed by atoms with Crippen LogP contribution in [-0.2, 0) is 16.4 Å². The van der Waals surface area contributed by atoms with Crippen molar-refractivity contribution in [3.63, 3.8) is 0 Å². The van der Waals surface area contributed by atoms with Gasteiger partial charge in [0.05, 0.1) is 34.6 Å². The number of imide groups is 1. The Morgan fingerprint density at radius 1 is 1.00 bits per heavy atom. The summed E-state index contributed by atoms with van der Waals surface area (Å²) in [5.41, 5.74) is 0.975. The minimum Gasteiger partial charge on any atom is -0.467 e. The first-order valence-electron chi connectivity index (χ1n) is 9.47. The molecule has 4 rings (SSSR count). The third kappa shape index (κ3) is 3.87. The van der Waals surface area contributed by atoms with E-state index in [1.165, 1.54) is 48.7 Å². The minimum atomic E-state index is -3.33. The topological polar surface area (TPSA) is 114 Å². The fraction of sp³-hybridized carbons (Fsp3) is 0.136. The zero-order valence-corrected chi connectivity index (χ0v) is 17.3. The van der Waals surface area contributed by atoms with Crippen LogP contribution >= 0.6 is 0 Å². The molecular formula is C22H18N2O6S. The Labute approximate surface area is 178 Å². The standard InChI is InChI=1S/C22H18N2O6S/c1-2-31(28,29)17-8-6-15(7-9-17)23-20(25)14-5-10-18-19(12-14)22(27)24(21(18)26)13-16-4-3-11-30-16/h3-12H,2,13H2,1H3,(H,23,25). The van der Waals surface area contributed by atoms with Crippen molar-refractivity contribution in [2.75, 3.05) is 11.1 Å². The fourth-order valence-electron chi connectivity index (χ4n) is 3.25. The van der Waals surface area contributed by atoms with Gasteiger partial charge in [-0.2, -0.15) is 0 Å². The number of carbonyl (C=O) groups excluding carboxylic acids is 3. The summed E-state index contributed by atoms with van der Waals surface area (Å²) in [6.07, 6.45) is 1.46. The third-order valence-corrected chi connectivity index (χ3v) is 6.73. The number of sulfone groups is 1. The average Bonchev–Trinajstić information content (AvgIpc) is 3.37. The maximum Gasteiger partial charge on any atom is 0.261 e. The molecule has 8 nitrogen and oxygen atoms in total. The molecule has 0 atom stereocenters. The highest BCUT2D eigenvalue weighted by atomic mass is 32.2. The quantitative estimate of drug-likeness (QED) is 0.592. The molecule has 0 fully saturated rings. The number of nitrogens with zero attached hydrogens (tertiary/aromatic N) is 1. The van der Waals surface area contributed by atoms with E-state index in [-0.39, 0.29) is 33.9 Å². The van der Waals surface area contributed by atoms with E-state index in [1.807, 2.05) is 0 Å². The van der Waals surface area contributed by atoms with Crippen molar-refractivity contribution in [3.05, 3.63) is 83.3 Å². The van der Waals surface area contributed by atoms with Gasteiger partial charge in [0.25, 0.3) is 17.7 Å². The predicted molar refractivity (Wildman–Crippen MR) is 111 cm³/mol. The molecule has 0 bridgehead atoms. The molecule has 3 aromatic rings. The van der Waals surface area contributed by atoms with Crippen molar-refractivity contribution in [3.8, 4) is 0 Å². The molecule has 0 spiro atoms. The Bertz CT molecular complexity index is 1280. The van der Waals surface area contributed by atoms with E-state index in [9.17, 15) is 22.8 Å². The van der Waals surface area contributed by atoms with Crippen LogP contribution in [0.25, 0.3) is 0 Å². The number of anilines is 1. The van der Waals surface area contributed by atoms with Crippen molar-refractivity contribution < 1.29 is 27.2 Å². The van der Waals surface area contributed by atoms with Crippen LogP contribution in [0.1, 0.15) is 43.8 Å². The number of amides is 3. The molecule has 0 unspecified atom stereocenters. The van der Waals surface area contributed by atoms with Crippen molar-refractivity contribution in [2.24, 2.45) is 0 Å². The van der Waals surface area contributed by atoms with Crippen LogP contribution < -0.4 is 5.32 Å². The number of carbonyl (C=O) groups is 3. The monoisotopic (exact) mass is 438 g/mol. The smallest absolute Gasteiger partial charge is 0.261 e. The Morgan fingerprint density at radius 3 is 2.35 bits per heavy atom. The molecule has 1 aromatic heterocycles. The lowest BCUT2D eigenvalue weighted by Gasteiger charge is -2.11. The maximum atomic E-state index is 12.7. The Balaban J connectivity index is 1.52. The molecule has 1 N–H and O–H groups in total. The van der Waals surface area contributed by atoms with E-state index < -0.39 is 27.6 Å². The normalized spacial score (nSPS) is 13.4. The number of nitrogens with one attached hydrogen (secondary N) is 1. The van der Waals surface area contributed by atoms with E-state index in [4.69, 9.17) is 4.42 Å². The Kier molecular flexibility index (Phi) is 5.20. The predicted octanol–water partition coefficient (Wildman–Crippen LogP) is 3.12. The molecule has 3 amide bonds. The molecule has 0 aliphatic carbocycles. The molecule has 158 valence electrons. The zero-order valence-electron chi connectivity index (χ0n) is 16.5. The van der Waals surface area contributed by atoms with Crippen LogP contribution in [0.15, 0.2) is 70.2 Å². The SMILES string of the molecule is CCS(=O)(=O)c1ccc(NC(=O)c2ccc3c(c2)C(=O)N(Cc2ccco2)C3=O)cc1. The van der Waals surface area contributed by atoms with E-state index in [2.05, 4.69) is 5.32 Å². The van der Waals surface area contributed by atoms with Gasteiger partial charge in [0.15, 0.2) is 9.84 Å². The van der Waals surface area contributed by atoms with Gasteiger partial charge in [0.1, 0.15) is 5.76 Å². The van der Waals surface area contributed by atoms with Crippen molar-refractivity contribution >= 4 is 33.2 Å². The summed E-state index contributed by atoms with van der Waals surface area (Å²) >= 11 is 0. The van der Waals surface area contributed by atoms with Gasteiger partial charge < -0.3 is 9.73 Å². The van der Waals surface area contributed by atoms with Crippen LogP contribution in [0.5, 0.6) is 0 Å². The highest BCUT2D eigenvalue weighted by Crippen LogP contribution is 2.26. The number of rotatable bonds is 6. The fourth-order valence-corrected chi connectivity index (χ4v) is 4.13. The number of fused-ring (bicyclic) bond motifs is 1. The van der Waals surface area contributed by atoms with E-state index in [0.29, 0.717) is 11.4 Å². The summed E-state index contributed by atoms with van der Waals surface area (Å²) in [4.78, 5) is 39.1. The summed E-state index contributed by atoms with van der Waals surface area (Å²) < 4.78 is 29.0. The number of hydrogen-bond donors (Lipinski definition) is 1. The van der Waals surface area contributed by atoms with Crippen LogP contribution in [-0.4, -0.2) is 36.8 Å². The van der Waals surface area contributed by atoms with Gasteiger partial charge >= 0.3 is 0 Å². The summed E-state index contributed by atoms with van der Waals surface area (Å²) in [6.45, 7) is 1.56. The first-order valence-corrected chi connectivity index (χ1v) is 11.1. The summed E-state index contributed by atoms with van der Waals surface area (Å²) in [5, 5.41) is 2.66. The second-order valence-corrected chi connectivity index (χ2v) is 9.20. The first-order chi connectivity index (χ1) is 14.8. The van der Waals surface area contributed by atoms with Crippen LogP contribution in [0.2, 0.25) is 0 Å². The van der Waals surface area contributed by atoms with Gasteiger partial charge in [0, 0.05) is 11.3 Å². The Morgan fingerprint density at radius 2 is 1.71 bits per heavy atom. The van der Waals surface area contributed by atoms with E-state index >= 15 is 0 Å². The van der Waals surface area contributed by atoms with Crippen molar-refractivity contribution in [1.29, 1.82) is 0 Å². The van der Waals surface area contributed by atoms with E-state index in [1.54, 1.807) is 19.1 Å². The van der Waals surface area contributed by atoms with Gasteiger partial charge in [-0.3, -0.25) is 19.3 Å². The van der Waals surface area contributed by atoms with Crippen LogP contribution in [0.3, 0.4) is 0 Å². The molecule has 0 saturated carbocycles. The molecule has 2 aromatic carbocycles. The maximum absolute atomic E-state index is 12.7. The van der Waals surface area contributed by atoms with Gasteiger partial charge in [-0.1, -0.05) is 6.92 Å². The van der Waals surface area contributed by atoms with Crippen molar-refractivity contribution in [1.82, 2.24) is 4.90 Å². The molecular weight excluding hydrogens is 420 g/mol. The third-order valence-electron chi connectivity index (χ3n) is 4.98. The zero-order chi connectivity index (χ0) is 22.2. The summed E-state index contributed by atoms with van der Waals surface area (Å²) in [7, 11) is -3.33. The van der Waals surface area contributed by atoms with E-state index in [0.717, 1.165) is 4.90 Å². The van der Waals surface area contributed by atoms with Gasteiger partial charge in [-0.05, 0) is 54.6 Å². The molecule has 0 saturated heterocycles. The largest absolute Gasteiger partial charge is 0.467 e. The average molecular weight is 438 g/mol. The van der Waals surface area contributed by atoms with Crippen molar-refractivity contribution in [2.45, 2.75) is 18.4 Å². The molecule has 31 heavy (non-hydrogen) atoms. The van der Waals surface area contributed by atoms with Gasteiger partial charge in [-0.15, -0.1) is 0 Å². The highest BCUT2D eigenvalue weighted by molar-refractivity contribution is 7.91. The second-order valence-electron chi connectivity index (χ2n) is 6.92. The van der Waals surface area contributed by atoms with Crippen LogP contribution in [0, 0.1) is 0 Å². The molecule has 1 aliphatic heterocycles. The van der Waals surface area contributed by atoms with Gasteiger partial charge in [-0.25, -0.2) is 8.42 Å². The molecule has 0 radical (unpaired) electrons. The number of hydrogen-bond acceptors (Lipinski definition) is 6. The molecule has 1 aliphatic rings.